The Labute approximate surface area is 145 Å². The highest BCUT2D eigenvalue weighted by atomic mass is 16.6. The van der Waals surface area contributed by atoms with Crippen LogP contribution in [0.2, 0.25) is 0 Å². The van der Waals surface area contributed by atoms with Crippen molar-refractivity contribution in [3.05, 3.63) is 11.8 Å². The number of carbonyl (C=O) groups excluding carboxylic acids is 2. The summed E-state index contributed by atoms with van der Waals surface area (Å²) in [5.41, 5.74) is 0.425. The van der Waals surface area contributed by atoms with Gasteiger partial charge < -0.3 is 18.9 Å². The van der Waals surface area contributed by atoms with Crippen molar-refractivity contribution >= 4 is 12.2 Å². The number of hydrogen-bond donors (Lipinski definition) is 0. The number of ether oxygens (including phenoxy) is 4. The molecule has 25 heavy (non-hydrogen) atoms. The summed E-state index contributed by atoms with van der Waals surface area (Å²) < 4.78 is 21.0. The Morgan fingerprint density at radius 3 is 2.64 bits per heavy atom. The molecule has 3 heterocycles. The molecule has 2 fully saturated rings. The lowest BCUT2D eigenvalue weighted by Crippen LogP contribution is -2.48. The van der Waals surface area contributed by atoms with E-state index in [1.807, 2.05) is 0 Å². The lowest BCUT2D eigenvalue weighted by molar-refractivity contribution is 0.0122. The summed E-state index contributed by atoms with van der Waals surface area (Å²) in [6.45, 7) is 2.07. The highest BCUT2D eigenvalue weighted by Crippen LogP contribution is 2.39. The van der Waals surface area contributed by atoms with Gasteiger partial charge in [-0.15, -0.1) is 0 Å². The number of unbranched alkanes of at least 4 members (excludes halogenated alkanes) is 1. The first-order chi connectivity index (χ1) is 12.1. The monoisotopic (exact) mass is 351 g/mol. The minimum absolute atomic E-state index is 0.102. The number of aromatic nitrogens is 2. The third kappa shape index (κ3) is 3.31. The van der Waals surface area contributed by atoms with Gasteiger partial charge in [-0.05, 0) is 6.42 Å². The molecule has 2 saturated heterocycles. The Bertz CT molecular complexity index is 645. The van der Waals surface area contributed by atoms with E-state index in [0.717, 1.165) is 24.2 Å². The van der Waals surface area contributed by atoms with Gasteiger partial charge in [0, 0.05) is 12.5 Å². The number of amides is 2. The van der Waals surface area contributed by atoms with Gasteiger partial charge in [-0.1, -0.05) is 19.8 Å². The van der Waals surface area contributed by atoms with Crippen LogP contribution in [0.4, 0.5) is 9.59 Å². The van der Waals surface area contributed by atoms with E-state index in [1.54, 1.807) is 6.07 Å². The van der Waals surface area contributed by atoms with Crippen molar-refractivity contribution in [3.63, 3.8) is 0 Å². The first-order valence-corrected chi connectivity index (χ1v) is 8.24. The van der Waals surface area contributed by atoms with Crippen LogP contribution in [0.1, 0.15) is 44.4 Å². The molecule has 0 bridgehead atoms. The zero-order valence-electron chi connectivity index (χ0n) is 14.4. The summed E-state index contributed by atoms with van der Waals surface area (Å²) in [6, 6.07) is 1.20. The normalized spacial score (nSPS) is 25.2. The average molecular weight is 351 g/mol. The molecule has 2 amide bonds. The van der Waals surface area contributed by atoms with Crippen LogP contribution >= 0.6 is 0 Å². The second kappa shape index (κ2) is 7.12. The Morgan fingerprint density at radius 1 is 1.20 bits per heavy atom. The van der Waals surface area contributed by atoms with Crippen molar-refractivity contribution in [2.24, 2.45) is 0 Å². The SMILES string of the molecule is CCCC[C@@H]1C[C@@H]2[C@@H](c3cc(OC)nc(OC)n3)OC(=O)N2C(=O)O1. The molecule has 2 aliphatic heterocycles. The molecule has 0 spiro atoms. The van der Waals surface area contributed by atoms with Gasteiger partial charge in [0.15, 0.2) is 6.10 Å². The van der Waals surface area contributed by atoms with Gasteiger partial charge >= 0.3 is 18.2 Å². The van der Waals surface area contributed by atoms with Crippen LogP contribution in [0.3, 0.4) is 0 Å². The highest BCUT2D eigenvalue weighted by molar-refractivity contribution is 5.90. The fraction of sp³-hybridized carbons (Fsp3) is 0.625. The molecule has 2 aliphatic rings. The lowest BCUT2D eigenvalue weighted by Gasteiger charge is -2.32. The van der Waals surface area contributed by atoms with Crippen LogP contribution in [-0.4, -0.2) is 53.4 Å². The number of imide groups is 1. The molecular weight excluding hydrogens is 330 g/mol. The molecule has 9 heteroatoms. The maximum absolute atomic E-state index is 12.2. The van der Waals surface area contributed by atoms with Crippen LogP contribution in [0, 0.1) is 0 Å². The van der Waals surface area contributed by atoms with Crippen molar-refractivity contribution in [1.29, 1.82) is 0 Å². The average Bonchev–Trinajstić information content (AvgIpc) is 2.96. The van der Waals surface area contributed by atoms with E-state index in [9.17, 15) is 9.59 Å². The fourth-order valence-electron chi connectivity index (χ4n) is 3.10. The molecule has 3 rings (SSSR count). The van der Waals surface area contributed by atoms with E-state index in [0.29, 0.717) is 12.1 Å². The van der Waals surface area contributed by atoms with Gasteiger partial charge in [0.1, 0.15) is 6.10 Å². The molecular formula is C16H21N3O6. The fourth-order valence-corrected chi connectivity index (χ4v) is 3.10. The van der Waals surface area contributed by atoms with Gasteiger partial charge in [-0.3, -0.25) is 0 Å². The molecule has 0 saturated carbocycles. The zero-order valence-corrected chi connectivity index (χ0v) is 14.4. The summed E-state index contributed by atoms with van der Waals surface area (Å²) in [6.07, 6.45) is 0.844. The van der Waals surface area contributed by atoms with Crippen molar-refractivity contribution in [3.8, 4) is 11.9 Å². The van der Waals surface area contributed by atoms with Gasteiger partial charge in [-0.25, -0.2) is 14.5 Å². The van der Waals surface area contributed by atoms with Crippen LogP contribution in [0.5, 0.6) is 11.9 Å². The Balaban J connectivity index is 1.89. The summed E-state index contributed by atoms with van der Waals surface area (Å²) in [4.78, 5) is 33.6. The van der Waals surface area contributed by atoms with E-state index in [4.69, 9.17) is 18.9 Å². The lowest BCUT2D eigenvalue weighted by atomic mass is 9.96. The number of nitrogens with zero attached hydrogens (tertiary/aromatic N) is 3. The predicted octanol–water partition coefficient (Wildman–Crippen LogP) is 2.45. The zero-order chi connectivity index (χ0) is 18.0. The molecule has 0 aromatic carbocycles. The molecule has 0 radical (unpaired) electrons. The van der Waals surface area contributed by atoms with Crippen molar-refractivity contribution in [1.82, 2.24) is 14.9 Å². The minimum atomic E-state index is -0.731. The summed E-state index contributed by atoms with van der Waals surface area (Å²) in [7, 11) is 2.90. The molecule has 1 aromatic rings. The van der Waals surface area contributed by atoms with Crippen LogP contribution in [0.25, 0.3) is 0 Å². The van der Waals surface area contributed by atoms with Gasteiger partial charge in [0.2, 0.25) is 5.88 Å². The number of carbonyl (C=O) groups is 2. The maximum atomic E-state index is 12.2. The van der Waals surface area contributed by atoms with Gasteiger partial charge in [0.05, 0.1) is 26.0 Å². The molecule has 0 N–H and O–H groups in total. The van der Waals surface area contributed by atoms with Crippen molar-refractivity contribution in [2.45, 2.75) is 50.9 Å². The summed E-state index contributed by atoms with van der Waals surface area (Å²) >= 11 is 0. The third-order valence-electron chi connectivity index (χ3n) is 4.34. The van der Waals surface area contributed by atoms with Crippen LogP contribution in [0.15, 0.2) is 6.07 Å². The minimum Gasteiger partial charge on any atom is -0.481 e. The Hall–Kier alpha value is -2.58. The topological polar surface area (TPSA) is 100 Å². The number of rotatable bonds is 6. The molecule has 9 nitrogen and oxygen atoms in total. The first kappa shape index (κ1) is 17.2. The summed E-state index contributed by atoms with van der Waals surface area (Å²) in [5.74, 6) is 0.289. The number of hydrogen-bond acceptors (Lipinski definition) is 8. The van der Waals surface area contributed by atoms with Crippen molar-refractivity contribution in [2.75, 3.05) is 14.2 Å². The molecule has 136 valence electrons. The Morgan fingerprint density at radius 2 is 1.96 bits per heavy atom. The molecule has 3 atom stereocenters. The standard InChI is InChI=1S/C16H21N3O6/c1-4-5-6-9-7-11-13(25-16(21)19(11)15(20)24-9)10-8-12(22-2)18-14(17-10)23-3/h8-9,11,13H,4-7H2,1-3H3/t9-,11-,13-/m1/s1. The number of cyclic esters (lactones) is 2. The van der Waals surface area contributed by atoms with Crippen molar-refractivity contribution < 1.29 is 28.5 Å². The van der Waals surface area contributed by atoms with E-state index in [1.165, 1.54) is 14.2 Å². The largest absolute Gasteiger partial charge is 0.481 e. The predicted molar refractivity (Wildman–Crippen MR) is 84.4 cm³/mol. The van der Waals surface area contributed by atoms with E-state index in [2.05, 4.69) is 16.9 Å². The molecule has 0 unspecified atom stereocenters. The Kier molecular flexibility index (Phi) is 4.91. The highest BCUT2D eigenvalue weighted by Gasteiger charge is 2.52. The van der Waals surface area contributed by atoms with E-state index in [-0.39, 0.29) is 18.0 Å². The van der Waals surface area contributed by atoms with E-state index < -0.39 is 24.3 Å². The second-order valence-corrected chi connectivity index (χ2v) is 5.95. The van der Waals surface area contributed by atoms with E-state index >= 15 is 0 Å². The maximum Gasteiger partial charge on any atom is 0.420 e. The van der Waals surface area contributed by atoms with Gasteiger partial charge in [0.25, 0.3) is 0 Å². The quantitative estimate of drug-likeness (QED) is 0.770. The first-order valence-electron chi connectivity index (χ1n) is 8.24. The second-order valence-electron chi connectivity index (χ2n) is 5.95. The smallest absolute Gasteiger partial charge is 0.420 e. The molecule has 1 aromatic heterocycles. The number of fused-ring (bicyclic) bond motifs is 1. The third-order valence-corrected chi connectivity index (χ3v) is 4.34. The molecule has 0 aliphatic carbocycles. The number of methoxy groups -OCH3 is 2. The summed E-state index contributed by atoms with van der Waals surface area (Å²) in [5, 5.41) is 0. The van der Waals surface area contributed by atoms with Crippen LogP contribution in [-0.2, 0) is 9.47 Å². The van der Waals surface area contributed by atoms with Gasteiger partial charge in [-0.2, -0.15) is 9.97 Å². The van der Waals surface area contributed by atoms with Crippen LogP contribution < -0.4 is 9.47 Å².